The van der Waals surface area contributed by atoms with E-state index in [4.69, 9.17) is 0 Å². The average Bonchev–Trinajstić information content (AvgIpc) is 2.61. The summed E-state index contributed by atoms with van der Waals surface area (Å²) < 4.78 is 17.5. The van der Waals surface area contributed by atoms with Crippen LogP contribution in [0, 0.1) is 6.01 Å². The second-order valence-electron chi connectivity index (χ2n) is 2.66. The van der Waals surface area contributed by atoms with E-state index in [1.165, 1.54) is 0 Å². The zero-order chi connectivity index (χ0) is 9.97. The van der Waals surface area contributed by atoms with Crippen LogP contribution in [0.15, 0.2) is 34.7 Å². The first kappa shape index (κ1) is 8.62. The van der Waals surface area contributed by atoms with E-state index in [0.717, 1.165) is 0 Å². The average molecular weight is 191 g/mol. The molecule has 0 amide bonds. The lowest BCUT2D eigenvalue weighted by atomic mass is 10.2. The Morgan fingerprint density at radius 1 is 1.29 bits per heavy atom. The van der Waals surface area contributed by atoms with E-state index in [2.05, 4.69) is 9.40 Å². The Labute approximate surface area is 79.2 Å². The summed E-state index contributed by atoms with van der Waals surface area (Å²) in [4.78, 5) is 14.0. The Bertz CT molecular complexity index is 450. The molecule has 0 aliphatic carbocycles. The minimum Gasteiger partial charge on any atom is -0.410 e. The van der Waals surface area contributed by atoms with Gasteiger partial charge in [-0.15, -0.1) is 0 Å². The highest BCUT2D eigenvalue weighted by Crippen LogP contribution is 2.19. The van der Waals surface area contributed by atoms with Crippen LogP contribution in [0.3, 0.4) is 0 Å². The van der Waals surface area contributed by atoms with Gasteiger partial charge in [0.05, 0.1) is 0 Å². The summed E-state index contributed by atoms with van der Waals surface area (Å²) in [5, 5.41) is 0. The third kappa shape index (κ3) is 1.42. The molecule has 3 nitrogen and oxygen atoms in total. The molecular formula is C10H6FNO2. The van der Waals surface area contributed by atoms with E-state index in [1.807, 2.05) is 6.07 Å². The second kappa shape index (κ2) is 3.41. The molecule has 0 fully saturated rings. The summed E-state index contributed by atoms with van der Waals surface area (Å²) in [6.07, 6.45) is 0.325. The topological polar surface area (TPSA) is 43.1 Å². The Balaban J connectivity index is 2.48. The van der Waals surface area contributed by atoms with Gasteiger partial charge < -0.3 is 4.42 Å². The van der Waals surface area contributed by atoms with Crippen LogP contribution in [-0.4, -0.2) is 11.3 Å². The van der Waals surface area contributed by atoms with E-state index in [-0.39, 0.29) is 11.6 Å². The molecule has 0 N–H and O–H groups in total. The lowest BCUT2D eigenvalue weighted by Gasteiger charge is -1.91. The summed E-state index contributed by atoms with van der Waals surface area (Å²) >= 11 is 0. The van der Waals surface area contributed by atoms with Crippen molar-refractivity contribution < 1.29 is 13.6 Å². The van der Waals surface area contributed by atoms with Gasteiger partial charge in [-0.05, 0) is 12.1 Å². The number of nitrogens with zero attached hydrogens (tertiary/aromatic N) is 1. The number of aromatic nitrogens is 1. The van der Waals surface area contributed by atoms with Crippen molar-refractivity contribution in [1.82, 2.24) is 4.98 Å². The lowest BCUT2D eigenvalue weighted by Crippen LogP contribution is -1.82. The molecule has 0 spiro atoms. The smallest absolute Gasteiger partial charge is 0.309 e. The number of halogens is 1. The largest absolute Gasteiger partial charge is 0.410 e. The van der Waals surface area contributed by atoms with E-state index >= 15 is 0 Å². The molecule has 14 heavy (non-hydrogen) atoms. The fourth-order valence-corrected chi connectivity index (χ4v) is 1.09. The number of carbonyl (C=O) groups is 1. The van der Waals surface area contributed by atoms with Crippen molar-refractivity contribution in [1.29, 1.82) is 0 Å². The third-order valence-electron chi connectivity index (χ3n) is 1.74. The van der Waals surface area contributed by atoms with Crippen molar-refractivity contribution in [3.05, 3.63) is 42.0 Å². The third-order valence-corrected chi connectivity index (χ3v) is 1.74. The molecule has 0 bridgehead atoms. The van der Waals surface area contributed by atoms with Crippen molar-refractivity contribution in [2.75, 3.05) is 0 Å². The zero-order valence-corrected chi connectivity index (χ0v) is 7.11. The Kier molecular flexibility index (Phi) is 2.10. The minimum absolute atomic E-state index is 0.116. The first-order valence-electron chi connectivity index (χ1n) is 3.98. The maximum absolute atomic E-state index is 12.8. The normalized spacial score (nSPS) is 10.1. The number of hydrogen-bond donors (Lipinski definition) is 0. The molecule has 2 aromatic rings. The first-order chi connectivity index (χ1) is 6.81. The van der Waals surface area contributed by atoms with Crippen LogP contribution in [0.4, 0.5) is 4.39 Å². The quantitative estimate of drug-likeness (QED) is 0.684. The standard InChI is InChI=1S/C10H6FNO2/c11-9-8(6-13)12-10(14-9)7-4-2-1-3-5-7/h1-6H. The number of aldehydes is 1. The molecule has 0 radical (unpaired) electrons. The molecular weight excluding hydrogens is 185 g/mol. The number of benzene rings is 1. The van der Waals surface area contributed by atoms with E-state index < -0.39 is 6.01 Å². The molecule has 0 saturated heterocycles. The highest BCUT2D eigenvalue weighted by Gasteiger charge is 2.12. The number of carbonyl (C=O) groups excluding carboxylic acids is 1. The van der Waals surface area contributed by atoms with E-state index in [1.54, 1.807) is 24.3 Å². The summed E-state index contributed by atoms with van der Waals surface area (Å²) in [7, 11) is 0. The van der Waals surface area contributed by atoms with Gasteiger partial charge >= 0.3 is 6.01 Å². The van der Waals surface area contributed by atoms with Gasteiger partial charge in [-0.1, -0.05) is 18.2 Å². The summed E-state index contributed by atoms with van der Waals surface area (Å²) in [5.41, 5.74) is 0.336. The molecule has 0 aliphatic rings. The molecule has 1 heterocycles. The summed E-state index contributed by atoms with van der Waals surface area (Å²) in [6.45, 7) is 0. The van der Waals surface area contributed by atoms with Crippen LogP contribution in [0.25, 0.3) is 11.5 Å². The van der Waals surface area contributed by atoms with Gasteiger partial charge in [-0.25, -0.2) is 4.98 Å². The fourth-order valence-electron chi connectivity index (χ4n) is 1.09. The van der Waals surface area contributed by atoms with Gasteiger partial charge in [0, 0.05) is 5.56 Å². The fraction of sp³-hybridized carbons (Fsp3) is 0. The second-order valence-corrected chi connectivity index (χ2v) is 2.66. The van der Waals surface area contributed by atoms with Crippen LogP contribution in [-0.2, 0) is 0 Å². The molecule has 0 atom stereocenters. The number of rotatable bonds is 2. The zero-order valence-electron chi connectivity index (χ0n) is 7.11. The Morgan fingerprint density at radius 2 is 2.00 bits per heavy atom. The molecule has 1 aromatic carbocycles. The molecule has 0 saturated carbocycles. The van der Waals surface area contributed by atoms with Gasteiger partial charge in [-0.2, -0.15) is 4.39 Å². The summed E-state index contributed by atoms with van der Waals surface area (Å²) in [5.74, 6) is 0.116. The molecule has 0 unspecified atom stereocenters. The molecule has 70 valence electrons. The van der Waals surface area contributed by atoms with Crippen LogP contribution >= 0.6 is 0 Å². The predicted octanol–water partition coefficient (Wildman–Crippen LogP) is 2.29. The monoisotopic (exact) mass is 191 g/mol. The first-order valence-corrected chi connectivity index (χ1v) is 3.98. The highest BCUT2D eigenvalue weighted by atomic mass is 19.1. The van der Waals surface area contributed by atoms with E-state index in [0.29, 0.717) is 11.8 Å². The maximum Gasteiger partial charge on any atom is 0.309 e. The van der Waals surface area contributed by atoms with Crippen molar-refractivity contribution >= 4 is 6.29 Å². The Hall–Kier alpha value is -1.97. The molecule has 4 heteroatoms. The van der Waals surface area contributed by atoms with Crippen molar-refractivity contribution in [2.45, 2.75) is 0 Å². The number of hydrogen-bond acceptors (Lipinski definition) is 3. The lowest BCUT2D eigenvalue weighted by molar-refractivity contribution is 0.111. The van der Waals surface area contributed by atoms with Crippen LogP contribution in [0.1, 0.15) is 10.5 Å². The van der Waals surface area contributed by atoms with Crippen LogP contribution < -0.4 is 0 Å². The van der Waals surface area contributed by atoms with E-state index in [9.17, 15) is 9.18 Å². The van der Waals surface area contributed by atoms with Crippen molar-refractivity contribution in [3.63, 3.8) is 0 Å². The van der Waals surface area contributed by atoms with Crippen LogP contribution in [0.5, 0.6) is 0 Å². The summed E-state index contributed by atoms with van der Waals surface area (Å²) in [6, 6.07) is 7.87. The molecule has 1 aromatic heterocycles. The molecule has 0 aliphatic heterocycles. The SMILES string of the molecule is O=Cc1nc(-c2ccccc2)oc1F. The Morgan fingerprint density at radius 3 is 2.57 bits per heavy atom. The van der Waals surface area contributed by atoms with Gasteiger partial charge in [0.25, 0.3) is 0 Å². The van der Waals surface area contributed by atoms with Gasteiger partial charge in [0.15, 0.2) is 12.0 Å². The minimum atomic E-state index is -0.946. The van der Waals surface area contributed by atoms with Crippen molar-refractivity contribution in [3.8, 4) is 11.5 Å². The molecule has 2 rings (SSSR count). The predicted molar refractivity (Wildman–Crippen MR) is 47.3 cm³/mol. The highest BCUT2D eigenvalue weighted by molar-refractivity contribution is 5.72. The number of oxazole rings is 1. The van der Waals surface area contributed by atoms with Crippen LogP contribution in [0.2, 0.25) is 0 Å². The maximum atomic E-state index is 12.8. The van der Waals surface area contributed by atoms with Crippen molar-refractivity contribution in [2.24, 2.45) is 0 Å². The van der Waals surface area contributed by atoms with Gasteiger partial charge in [0.2, 0.25) is 5.89 Å². The van der Waals surface area contributed by atoms with Gasteiger partial charge in [-0.3, -0.25) is 4.79 Å². The van der Waals surface area contributed by atoms with Gasteiger partial charge in [0.1, 0.15) is 0 Å².